The Labute approximate surface area is 136 Å². The minimum Gasteiger partial charge on any atom is -0.272 e. The van der Waals surface area contributed by atoms with Crippen molar-refractivity contribution in [3.8, 4) is 0 Å². The molecule has 1 aliphatic carbocycles. The van der Waals surface area contributed by atoms with Gasteiger partial charge in [-0.15, -0.1) is 0 Å². The molecule has 3 nitrogen and oxygen atoms in total. The van der Waals surface area contributed by atoms with Crippen molar-refractivity contribution in [1.82, 2.24) is 5.43 Å². The minimum absolute atomic E-state index is 0.0746. The van der Waals surface area contributed by atoms with Crippen LogP contribution in [0.25, 0.3) is 0 Å². The molecule has 0 radical (unpaired) electrons. The SMILES string of the molecule is C/C(=N/NC(=O)[C@]1(C)CC1(Br)Br)c1ccc(C)c(C)c1. The third kappa shape index (κ3) is 2.84. The summed E-state index contributed by atoms with van der Waals surface area (Å²) >= 11 is 6.97. The average molecular weight is 402 g/mol. The smallest absolute Gasteiger partial charge is 0.248 e. The maximum atomic E-state index is 12.1. The van der Waals surface area contributed by atoms with Crippen molar-refractivity contribution in [2.45, 2.75) is 37.3 Å². The van der Waals surface area contributed by atoms with Crippen LogP contribution in [0.3, 0.4) is 0 Å². The fourth-order valence-electron chi connectivity index (χ4n) is 1.94. The van der Waals surface area contributed by atoms with E-state index in [2.05, 4.69) is 68.4 Å². The molecule has 20 heavy (non-hydrogen) atoms. The van der Waals surface area contributed by atoms with Crippen LogP contribution in [0.1, 0.15) is 37.0 Å². The van der Waals surface area contributed by atoms with E-state index in [1.165, 1.54) is 11.1 Å². The van der Waals surface area contributed by atoms with Crippen LogP contribution in [-0.2, 0) is 4.79 Å². The van der Waals surface area contributed by atoms with Crippen molar-refractivity contribution < 1.29 is 4.79 Å². The van der Waals surface area contributed by atoms with Crippen LogP contribution in [0.4, 0.5) is 0 Å². The Morgan fingerprint density at radius 3 is 2.40 bits per heavy atom. The van der Waals surface area contributed by atoms with E-state index in [0.29, 0.717) is 0 Å². The van der Waals surface area contributed by atoms with Gasteiger partial charge in [-0.2, -0.15) is 5.10 Å². The summed E-state index contributed by atoms with van der Waals surface area (Å²) in [5, 5.41) is 4.21. The maximum absolute atomic E-state index is 12.1. The largest absolute Gasteiger partial charge is 0.272 e. The highest BCUT2D eigenvalue weighted by Crippen LogP contribution is 2.66. The van der Waals surface area contributed by atoms with Crippen molar-refractivity contribution in [1.29, 1.82) is 0 Å². The lowest BCUT2D eigenvalue weighted by molar-refractivity contribution is -0.125. The standard InChI is InChI=1S/C15H18Br2N2O/c1-9-5-6-12(7-10(9)2)11(3)18-19-13(20)14(4)8-15(14,16)17/h5-7H,8H2,1-4H3,(H,19,20)/b18-11-/t14-/m0/s1. The third-order valence-electron chi connectivity index (χ3n) is 4.01. The fraction of sp³-hybridized carbons (Fsp3) is 0.467. The highest BCUT2D eigenvalue weighted by Gasteiger charge is 2.66. The Morgan fingerprint density at radius 2 is 1.90 bits per heavy atom. The maximum Gasteiger partial charge on any atom is 0.248 e. The second-order valence-corrected chi connectivity index (χ2v) is 9.42. The van der Waals surface area contributed by atoms with Crippen molar-refractivity contribution in [3.63, 3.8) is 0 Å². The molecule has 0 unspecified atom stereocenters. The highest BCUT2D eigenvalue weighted by molar-refractivity contribution is 9.25. The van der Waals surface area contributed by atoms with Crippen molar-refractivity contribution in [2.75, 3.05) is 0 Å². The van der Waals surface area contributed by atoms with E-state index in [4.69, 9.17) is 0 Å². The number of aryl methyl sites for hydroxylation is 2. The molecule has 1 aromatic carbocycles. The monoisotopic (exact) mass is 400 g/mol. The van der Waals surface area contributed by atoms with Crippen LogP contribution in [0.5, 0.6) is 0 Å². The van der Waals surface area contributed by atoms with Crippen LogP contribution in [0.2, 0.25) is 0 Å². The summed E-state index contributed by atoms with van der Waals surface area (Å²) in [4.78, 5) is 12.1. The van der Waals surface area contributed by atoms with Crippen LogP contribution < -0.4 is 5.43 Å². The van der Waals surface area contributed by atoms with Crippen LogP contribution >= 0.6 is 31.9 Å². The highest BCUT2D eigenvalue weighted by atomic mass is 79.9. The summed E-state index contributed by atoms with van der Waals surface area (Å²) in [5.74, 6) is -0.0746. The zero-order chi connectivity index (χ0) is 15.1. The van der Waals surface area contributed by atoms with Gasteiger partial charge in [-0.05, 0) is 56.9 Å². The molecule has 108 valence electrons. The molecule has 0 spiro atoms. The van der Waals surface area contributed by atoms with Gasteiger partial charge in [-0.25, -0.2) is 5.43 Å². The van der Waals surface area contributed by atoms with Crippen LogP contribution in [0.15, 0.2) is 23.3 Å². The van der Waals surface area contributed by atoms with Crippen LogP contribution in [-0.4, -0.2) is 14.9 Å². The second-order valence-electron chi connectivity index (χ2n) is 5.65. The molecule has 1 amide bonds. The molecule has 0 aliphatic heterocycles. The molecule has 1 aliphatic rings. The molecule has 0 saturated heterocycles. The molecule has 0 bridgehead atoms. The van der Waals surface area contributed by atoms with Gasteiger partial charge in [-0.3, -0.25) is 4.79 Å². The number of carbonyl (C=O) groups excluding carboxylic acids is 1. The first-order chi connectivity index (χ1) is 9.17. The molecular formula is C15H18Br2N2O. The minimum atomic E-state index is -0.444. The normalized spacial score (nSPS) is 24.4. The van der Waals surface area contributed by atoms with Gasteiger partial charge in [-0.1, -0.05) is 44.0 Å². The van der Waals surface area contributed by atoms with Crippen LogP contribution in [0, 0.1) is 19.3 Å². The number of hydrogen-bond donors (Lipinski definition) is 1. The number of nitrogens with one attached hydrogen (secondary N) is 1. The quantitative estimate of drug-likeness (QED) is 0.463. The molecule has 1 atom stereocenters. The van der Waals surface area contributed by atoms with E-state index in [1.54, 1.807) is 0 Å². The Kier molecular flexibility index (Phi) is 4.13. The van der Waals surface area contributed by atoms with Gasteiger partial charge in [0.05, 0.1) is 14.4 Å². The summed E-state index contributed by atoms with van der Waals surface area (Å²) in [6.07, 6.45) is 0.754. The molecule has 5 heteroatoms. The Hall–Kier alpha value is -0.680. The van der Waals surface area contributed by atoms with Crippen molar-refractivity contribution in [2.24, 2.45) is 10.5 Å². The first kappa shape index (κ1) is 15.7. The van der Waals surface area contributed by atoms with E-state index < -0.39 is 5.41 Å². The van der Waals surface area contributed by atoms with E-state index in [9.17, 15) is 4.79 Å². The van der Waals surface area contributed by atoms with E-state index >= 15 is 0 Å². The molecule has 2 rings (SSSR count). The third-order valence-corrected chi connectivity index (χ3v) is 6.32. The molecular weight excluding hydrogens is 384 g/mol. The Bertz CT molecular complexity index is 596. The number of benzene rings is 1. The van der Waals surface area contributed by atoms with Gasteiger partial charge in [0, 0.05) is 0 Å². The van der Waals surface area contributed by atoms with E-state index in [1.807, 2.05) is 19.9 Å². The van der Waals surface area contributed by atoms with Crippen molar-refractivity contribution >= 4 is 43.5 Å². The first-order valence-corrected chi connectivity index (χ1v) is 8.06. The van der Waals surface area contributed by atoms with Crippen molar-refractivity contribution in [3.05, 3.63) is 34.9 Å². The summed E-state index contributed by atoms with van der Waals surface area (Å²) in [5.41, 5.74) is 6.52. The number of carbonyl (C=O) groups is 1. The number of halogens is 2. The van der Waals surface area contributed by atoms with Gasteiger partial charge >= 0.3 is 0 Å². The Morgan fingerprint density at radius 1 is 1.30 bits per heavy atom. The van der Waals surface area contributed by atoms with E-state index in [0.717, 1.165) is 17.7 Å². The number of alkyl halides is 2. The summed E-state index contributed by atoms with van der Waals surface area (Å²) in [7, 11) is 0. The summed E-state index contributed by atoms with van der Waals surface area (Å²) in [6.45, 7) is 7.95. The second kappa shape index (κ2) is 5.26. The number of amides is 1. The molecule has 1 fully saturated rings. The number of hydrogen-bond acceptors (Lipinski definition) is 2. The first-order valence-electron chi connectivity index (χ1n) is 6.47. The predicted molar refractivity (Wildman–Crippen MR) is 89.6 cm³/mol. The number of rotatable bonds is 3. The molecule has 1 aromatic rings. The number of hydrazone groups is 1. The molecule has 0 heterocycles. The number of nitrogens with zero attached hydrogens (tertiary/aromatic N) is 1. The lowest BCUT2D eigenvalue weighted by atomic mass is 10.0. The van der Waals surface area contributed by atoms with Gasteiger partial charge in [0.2, 0.25) is 5.91 Å². The van der Waals surface area contributed by atoms with E-state index in [-0.39, 0.29) is 9.14 Å². The zero-order valence-corrected chi connectivity index (χ0v) is 15.2. The average Bonchev–Trinajstić information content (AvgIpc) is 2.90. The molecule has 1 saturated carbocycles. The van der Waals surface area contributed by atoms with Gasteiger partial charge < -0.3 is 0 Å². The topological polar surface area (TPSA) is 41.5 Å². The predicted octanol–water partition coefficient (Wildman–Crippen LogP) is 4.04. The summed E-state index contributed by atoms with van der Waals surface area (Å²) < 4.78 is -0.291. The molecule has 0 aromatic heterocycles. The molecule has 1 N–H and O–H groups in total. The van der Waals surface area contributed by atoms with Gasteiger partial charge in [0.1, 0.15) is 0 Å². The lowest BCUT2D eigenvalue weighted by Crippen LogP contribution is -2.30. The zero-order valence-electron chi connectivity index (χ0n) is 12.1. The summed E-state index contributed by atoms with van der Waals surface area (Å²) in [6, 6.07) is 6.17. The van der Waals surface area contributed by atoms with Gasteiger partial charge in [0.15, 0.2) is 0 Å². The fourth-order valence-corrected chi connectivity index (χ4v) is 3.42. The Balaban J connectivity index is 2.08. The van der Waals surface area contributed by atoms with Gasteiger partial charge in [0.25, 0.3) is 0 Å². The lowest BCUT2D eigenvalue weighted by Gasteiger charge is -2.11.